The number of ketones is 1. The first-order valence-electron chi connectivity index (χ1n) is 6.98. The Kier molecular flexibility index (Phi) is 4.41. The minimum absolute atomic E-state index is 0.0548. The van der Waals surface area contributed by atoms with Gasteiger partial charge in [0.1, 0.15) is 17.7 Å². The Hall–Kier alpha value is -1.91. The molecule has 1 saturated heterocycles. The summed E-state index contributed by atoms with van der Waals surface area (Å²) in [6.07, 6.45) is 0.916. The summed E-state index contributed by atoms with van der Waals surface area (Å²) in [5.41, 5.74) is 0.585. The molecule has 3 rings (SSSR count). The number of rotatable bonds is 4. The maximum atomic E-state index is 13.3. The molecule has 0 spiro atoms. The van der Waals surface area contributed by atoms with Crippen molar-refractivity contribution in [2.45, 2.75) is 12.5 Å². The molecule has 0 saturated carbocycles. The second kappa shape index (κ2) is 6.46. The van der Waals surface area contributed by atoms with Crippen LogP contribution in [0, 0.1) is 5.82 Å². The molecule has 0 aliphatic carbocycles. The van der Waals surface area contributed by atoms with E-state index >= 15 is 0 Å². The average Bonchev–Trinajstić information content (AvgIpc) is 3.03. The Morgan fingerprint density at radius 1 is 1.23 bits per heavy atom. The number of hydrogen-bond acceptors (Lipinski definition) is 3. The molecule has 0 amide bonds. The first-order chi connectivity index (χ1) is 10.6. The first-order valence-corrected chi connectivity index (χ1v) is 7.35. The van der Waals surface area contributed by atoms with Crippen molar-refractivity contribution in [3.63, 3.8) is 0 Å². The molecular formula is C17H14ClFO3. The minimum atomic E-state index is -0.492. The van der Waals surface area contributed by atoms with E-state index in [2.05, 4.69) is 0 Å². The maximum Gasteiger partial charge on any atom is 0.194 e. The molecule has 0 radical (unpaired) electrons. The molecule has 0 N–H and O–H groups in total. The van der Waals surface area contributed by atoms with Crippen molar-refractivity contribution in [3.05, 3.63) is 64.4 Å². The van der Waals surface area contributed by atoms with E-state index in [1.54, 1.807) is 24.3 Å². The summed E-state index contributed by atoms with van der Waals surface area (Å²) in [7, 11) is 0. The summed E-state index contributed by atoms with van der Waals surface area (Å²) in [5, 5.41) is 0.231. The highest BCUT2D eigenvalue weighted by Gasteiger charge is 2.18. The van der Waals surface area contributed by atoms with Crippen LogP contribution in [0.25, 0.3) is 0 Å². The van der Waals surface area contributed by atoms with Gasteiger partial charge in [0.05, 0.1) is 18.2 Å². The van der Waals surface area contributed by atoms with Crippen LogP contribution in [0.4, 0.5) is 4.39 Å². The molecule has 1 aliphatic rings. The van der Waals surface area contributed by atoms with E-state index in [4.69, 9.17) is 21.1 Å². The number of ether oxygens (including phenoxy) is 2. The highest BCUT2D eigenvalue weighted by Crippen LogP contribution is 2.23. The van der Waals surface area contributed by atoms with Crippen molar-refractivity contribution in [3.8, 4) is 5.75 Å². The fraction of sp³-hybridized carbons (Fsp3) is 0.235. The van der Waals surface area contributed by atoms with Gasteiger partial charge in [0.25, 0.3) is 0 Å². The van der Waals surface area contributed by atoms with E-state index < -0.39 is 5.82 Å². The molecule has 114 valence electrons. The third-order valence-electron chi connectivity index (χ3n) is 3.48. The van der Waals surface area contributed by atoms with E-state index in [1.807, 2.05) is 0 Å². The van der Waals surface area contributed by atoms with Crippen LogP contribution in [0.5, 0.6) is 5.75 Å². The average molecular weight is 321 g/mol. The molecule has 2 aromatic carbocycles. The summed E-state index contributed by atoms with van der Waals surface area (Å²) >= 11 is 5.96. The standard InChI is InChI=1S/C17H14ClFO3/c18-16-6-3-12(19)9-15(16)17(20)11-1-4-13(5-2-11)22-14-7-8-21-10-14/h1-6,9,14H,7-8,10H2/t14-/m1/s1. The molecule has 5 heteroatoms. The number of hydrogen-bond donors (Lipinski definition) is 0. The van der Waals surface area contributed by atoms with Crippen molar-refractivity contribution in [1.82, 2.24) is 0 Å². The van der Waals surface area contributed by atoms with E-state index in [9.17, 15) is 9.18 Å². The van der Waals surface area contributed by atoms with Gasteiger partial charge in [0, 0.05) is 17.5 Å². The fourth-order valence-corrected chi connectivity index (χ4v) is 2.51. The molecule has 0 aromatic heterocycles. The molecule has 1 heterocycles. The highest BCUT2D eigenvalue weighted by atomic mass is 35.5. The lowest BCUT2D eigenvalue weighted by Gasteiger charge is -2.12. The molecule has 22 heavy (non-hydrogen) atoms. The molecule has 2 aromatic rings. The second-order valence-corrected chi connectivity index (χ2v) is 5.49. The van der Waals surface area contributed by atoms with Gasteiger partial charge in [-0.05, 0) is 42.5 Å². The second-order valence-electron chi connectivity index (χ2n) is 5.08. The Morgan fingerprint density at radius 2 is 2.00 bits per heavy atom. The summed E-state index contributed by atoms with van der Waals surface area (Å²) in [6.45, 7) is 1.29. The van der Waals surface area contributed by atoms with Crippen LogP contribution in [0.1, 0.15) is 22.3 Å². The monoisotopic (exact) mass is 320 g/mol. The zero-order chi connectivity index (χ0) is 15.5. The maximum absolute atomic E-state index is 13.3. The van der Waals surface area contributed by atoms with Gasteiger partial charge in [-0.15, -0.1) is 0 Å². The Morgan fingerprint density at radius 3 is 2.68 bits per heavy atom. The zero-order valence-corrected chi connectivity index (χ0v) is 12.5. The van der Waals surface area contributed by atoms with Gasteiger partial charge in [-0.25, -0.2) is 4.39 Å². The predicted molar refractivity (Wildman–Crippen MR) is 81.1 cm³/mol. The van der Waals surface area contributed by atoms with E-state index in [0.717, 1.165) is 12.5 Å². The van der Waals surface area contributed by atoms with Crippen molar-refractivity contribution in [2.24, 2.45) is 0 Å². The third-order valence-corrected chi connectivity index (χ3v) is 3.81. The first kappa shape index (κ1) is 15.0. The predicted octanol–water partition coefficient (Wildman–Crippen LogP) is 3.88. The van der Waals surface area contributed by atoms with Crippen LogP contribution in [0.3, 0.4) is 0 Å². The van der Waals surface area contributed by atoms with Crippen LogP contribution in [0.15, 0.2) is 42.5 Å². The summed E-state index contributed by atoms with van der Waals surface area (Å²) in [6, 6.07) is 10.5. The number of halogens is 2. The molecule has 0 unspecified atom stereocenters. The molecule has 3 nitrogen and oxygen atoms in total. The van der Waals surface area contributed by atoms with Gasteiger partial charge in [0.15, 0.2) is 5.78 Å². The summed E-state index contributed by atoms with van der Waals surface area (Å²) in [4.78, 5) is 12.4. The van der Waals surface area contributed by atoms with Gasteiger partial charge in [0.2, 0.25) is 0 Å². The number of carbonyl (C=O) groups excluding carboxylic acids is 1. The van der Waals surface area contributed by atoms with E-state index in [1.165, 1.54) is 12.1 Å². The lowest BCUT2D eigenvalue weighted by atomic mass is 10.0. The molecule has 1 fully saturated rings. The molecule has 1 atom stereocenters. The van der Waals surface area contributed by atoms with Gasteiger partial charge >= 0.3 is 0 Å². The lowest BCUT2D eigenvalue weighted by Crippen LogP contribution is -2.15. The molecular weight excluding hydrogens is 307 g/mol. The topological polar surface area (TPSA) is 35.5 Å². The van der Waals surface area contributed by atoms with Crippen LogP contribution in [0.2, 0.25) is 5.02 Å². The summed E-state index contributed by atoms with van der Waals surface area (Å²) in [5.74, 6) is -0.133. The Balaban J connectivity index is 1.77. The number of benzene rings is 2. The largest absolute Gasteiger partial charge is 0.488 e. The van der Waals surface area contributed by atoms with E-state index in [-0.39, 0.29) is 22.5 Å². The van der Waals surface area contributed by atoms with Gasteiger partial charge < -0.3 is 9.47 Å². The van der Waals surface area contributed by atoms with Crippen LogP contribution in [-0.4, -0.2) is 25.1 Å². The lowest BCUT2D eigenvalue weighted by molar-refractivity contribution is 0.103. The van der Waals surface area contributed by atoms with Gasteiger partial charge in [-0.3, -0.25) is 4.79 Å². The van der Waals surface area contributed by atoms with Crippen LogP contribution >= 0.6 is 11.6 Å². The fourth-order valence-electron chi connectivity index (χ4n) is 2.31. The van der Waals surface area contributed by atoms with Crippen LogP contribution < -0.4 is 4.74 Å². The van der Waals surface area contributed by atoms with Crippen LogP contribution in [-0.2, 0) is 4.74 Å². The van der Waals surface area contributed by atoms with Gasteiger partial charge in [-0.1, -0.05) is 11.6 Å². The van der Waals surface area contributed by atoms with Crippen molar-refractivity contribution < 1.29 is 18.7 Å². The highest BCUT2D eigenvalue weighted by molar-refractivity contribution is 6.35. The van der Waals surface area contributed by atoms with Crippen molar-refractivity contribution in [1.29, 1.82) is 0 Å². The van der Waals surface area contributed by atoms with Crippen molar-refractivity contribution >= 4 is 17.4 Å². The molecule has 1 aliphatic heterocycles. The SMILES string of the molecule is O=C(c1ccc(O[C@@H]2CCOC2)cc1)c1cc(F)ccc1Cl. The van der Waals surface area contributed by atoms with E-state index in [0.29, 0.717) is 24.5 Å². The zero-order valence-electron chi connectivity index (χ0n) is 11.7. The van der Waals surface area contributed by atoms with Crippen molar-refractivity contribution in [2.75, 3.05) is 13.2 Å². The minimum Gasteiger partial charge on any atom is -0.488 e. The van der Waals surface area contributed by atoms with Gasteiger partial charge in [-0.2, -0.15) is 0 Å². The molecule has 0 bridgehead atoms. The summed E-state index contributed by atoms with van der Waals surface area (Å²) < 4.78 is 24.3. The third kappa shape index (κ3) is 3.29. The Bertz CT molecular complexity index is 679. The normalized spacial score (nSPS) is 17.5. The smallest absolute Gasteiger partial charge is 0.194 e. The Labute approximate surface area is 132 Å². The quantitative estimate of drug-likeness (QED) is 0.802. The number of carbonyl (C=O) groups is 1.